The molecule has 2 aromatic rings. The lowest BCUT2D eigenvalue weighted by molar-refractivity contribution is 0.444. The molecule has 0 radical (unpaired) electrons. The molecule has 2 saturated heterocycles. The third-order valence-corrected chi connectivity index (χ3v) is 6.42. The minimum absolute atomic E-state index is 0.486. The first-order valence-corrected chi connectivity index (χ1v) is 11.8. The fourth-order valence-electron chi connectivity index (χ4n) is 4.45. The topological polar surface area (TPSA) is 69.2 Å². The Labute approximate surface area is 190 Å². The summed E-state index contributed by atoms with van der Waals surface area (Å²) >= 11 is 5.53. The summed E-state index contributed by atoms with van der Waals surface area (Å²) in [4.78, 5) is 18.7. The highest BCUT2D eigenvalue weighted by atomic mass is 32.1. The zero-order valence-electron chi connectivity index (χ0n) is 18.5. The summed E-state index contributed by atoms with van der Waals surface area (Å²) in [5.74, 6) is 3.23. The second-order valence-electron chi connectivity index (χ2n) is 8.81. The Bertz CT molecular complexity index is 875. The van der Waals surface area contributed by atoms with E-state index in [-0.39, 0.29) is 0 Å². The Balaban J connectivity index is 1.52. The number of thiocarbonyl (C=S) groups is 1. The normalized spacial score (nSPS) is 21.6. The average molecular weight is 440 g/mol. The smallest absolute Gasteiger partial charge is 0.232 e. The van der Waals surface area contributed by atoms with Gasteiger partial charge in [-0.2, -0.15) is 9.97 Å². The zero-order valence-corrected chi connectivity index (χ0v) is 19.4. The van der Waals surface area contributed by atoms with E-state index in [2.05, 4.69) is 45.3 Å². The first-order chi connectivity index (χ1) is 15.1. The SMILES string of the molecule is C[C@@H]1CCCN(c2cc(N3CCCC[C@H]3C)nc(NC(=S)NCc3cccnc3)n2)C1. The van der Waals surface area contributed by atoms with E-state index < -0.39 is 0 Å². The van der Waals surface area contributed by atoms with Crippen molar-refractivity contribution in [3.8, 4) is 0 Å². The summed E-state index contributed by atoms with van der Waals surface area (Å²) in [6.45, 7) is 8.33. The van der Waals surface area contributed by atoms with Gasteiger partial charge in [0, 0.05) is 50.7 Å². The van der Waals surface area contributed by atoms with Crippen LogP contribution < -0.4 is 20.4 Å². The number of pyridine rings is 1. The third kappa shape index (κ3) is 5.81. The van der Waals surface area contributed by atoms with Crippen molar-refractivity contribution in [2.45, 2.75) is 58.5 Å². The number of piperidine rings is 2. The van der Waals surface area contributed by atoms with Crippen LogP contribution >= 0.6 is 12.2 Å². The molecule has 0 saturated carbocycles. The van der Waals surface area contributed by atoms with E-state index in [4.69, 9.17) is 22.2 Å². The van der Waals surface area contributed by atoms with E-state index in [1.807, 2.05) is 18.3 Å². The van der Waals surface area contributed by atoms with Crippen LogP contribution in [-0.4, -0.2) is 45.7 Å². The number of nitrogens with one attached hydrogen (secondary N) is 2. The van der Waals surface area contributed by atoms with Crippen LogP contribution in [0.5, 0.6) is 0 Å². The van der Waals surface area contributed by atoms with Crippen LogP contribution in [-0.2, 0) is 6.54 Å². The van der Waals surface area contributed by atoms with Crippen molar-refractivity contribution in [3.05, 3.63) is 36.2 Å². The second kappa shape index (κ2) is 10.2. The summed E-state index contributed by atoms with van der Waals surface area (Å²) in [6.07, 6.45) is 9.78. The molecule has 31 heavy (non-hydrogen) atoms. The van der Waals surface area contributed by atoms with Crippen LogP contribution in [0.4, 0.5) is 17.6 Å². The van der Waals surface area contributed by atoms with Crippen LogP contribution in [0.15, 0.2) is 30.6 Å². The van der Waals surface area contributed by atoms with Crippen LogP contribution in [0, 0.1) is 5.92 Å². The Hall–Kier alpha value is -2.48. The van der Waals surface area contributed by atoms with Crippen LogP contribution in [0.25, 0.3) is 0 Å². The molecule has 7 nitrogen and oxygen atoms in total. The molecule has 2 N–H and O–H groups in total. The lowest BCUT2D eigenvalue weighted by Gasteiger charge is -2.36. The molecule has 2 aromatic heterocycles. The van der Waals surface area contributed by atoms with Gasteiger partial charge in [0.25, 0.3) is 0 Å². The van der Waals surface area contributed by atoms with Gasteiger partial charge in [0.05, 0.1) is 0 Å². The van der Waals surface area contributed by atoms with Gasteiger partial charge in [0.15, 0.2) is 5.11 Å². The lowest BCUT2D eigenvalue weighted by Crippen LogP contribution is -2.39. The van der Waals surface area contributed by atoms with Crippen LogP contribution in [0.1, 0.15) is 51.5 Å². The van der Waals surface area contributed by atoms with E-state index in [0.29, 0.717) is 29.6 Å². The van der Waals surface area contributed by atoms with Crippen molar-refractivity contribution in [3.63, 3.8) is 0 Å². The molecule has 2 aliphatic heterocycles. The minimum Gasteiger partial charge on any atom is -0.358 e. The van der Waals surface area contributed by atoms with E-state index in [1.165, 1.54) is 32.1 Å². The summed E-state index contributed by atoms with van der Waals surface area (Å²) in [5.41, 5.74) is 1.08. The largest absolute Gasteiger partial charge is 0.358 e. The van der Waals surface area contributed by atoms with Gasteiger partial charge in [-0.3, -0.25) is 4.98 Å². The number of nitrogens with zero attached hydrogens (tertiary/aromatic N) is 5. The highest BCUT2D eigenvalue weighted by Gasteiger charge is 2.24. The maximum absolute atomic E-state index is 5.53. The van der Waals surface area contributed by atoms with Crippen LogP contribution in [0.2, 0.25) is 0 Å². The fraction of sp³-hybridized carbons (Fsp3) is 0.565. The van der Waals surface area contributed by atoms with Crippen molar-refractivity contribution in [2.24, 2.45) is 5.92 Å². The lowest BCUT2D eigenvalue weighted by atomic mass is 10.0. The van der Waals surface area contributed by atoms with Crippen LogP contribution in [0.3, 0.4) is 0 Å². The highest BCUT2D eigenvalue weighted by Crippen LogP contribution is 2.29. The summed E-state index contributed by atoms with van der Waals surface area (Å²) in [5, 5.41) is 6.98. The minimum atomic E-state index is 0.486. The number of hydrogen-bond donors (Lipinski definition) is 2. The van der Waals surface area contributed by atoms with Crippen molar-refractivity contribution < 1.29 is 0 Å². The average Bonchev–Trinajstić information content (AvgIpc) is 2.78. The van der Waals surface area contributed by atoms with Gasteiger partial charge < -0.3 is 20.4 Å². The second-order valence-corrected chi connectivity index (χ2v) is 9.22. The van der Waals surface area contributed by atoms with Crippen molar-refractivity contribution in [2.75, 3.05) is 34.8 Å². The Morgan fingerprint density at radius 1 is 1.13 bits per heavy atom. The number of hydrogen-bond acceptors (Lipinski definition) is 6. The standard InChI is InChI=1S/C23H33N7S/c1-17-7-6-11-29(16-17)20-13-21(30-12-4-3-8-18(30)2)27-22(26-20)28-23(31)25-15-19-9-5-10-24-14-19/h5,9-10,13-14,17-18H,3-4,6-8,11-12,15-16H2,1-2H3,(H2,25,26,27,28,31)/t17-,18-/m1/s1. The predicted octanol–water partition coefficient (Wildman–Crippen LogP) is 3.97. The molecule has 0 unspecified atom stereocenters. The third-order valence-electron chi connectivity index (χ3n) is 6.18. The van der Waals surface area contributed by atoms with E-state index in [9.17, 15) is 0 Å². The van der Waals surface area contributed by atoms with Gasteiger partial charge in [-0.15, -0.1) is 0 Å². The monoisotopic (exact) mass is 439 g/mol. The Morgan fingerprint density at radius 3 is 2.77 bits per heavy atom. The maximum Gasteiger partial charge on any atom is 0.232 e. The number of anilines is 3. The summed E-state index contributed by atoms with van der Waals surface area (Å²) in [7, 11) is 0. The molecule has 4 heterocycles. The van der Waals surface area contributed by atoms with Gasteiger partial charge in [-0.25, -0.2) is 0 Å². The van der Waals surface area contributed by atoms with E-state index in [1.54, 1.807) is 6.20 Å². The van der Waals surface area contributed by atoms with Gasteiger partial charge in [0.1, 0.15) is 11.6 Å². The molecule has 2 aliphatic rings. The quantitative estimate of drug-likeness (QED) is 0.678. The Morgan fingerprint density at radius 2 is 2.00 bits per heavy atom. The van der Waals surface area contributed by atoms with Crippen molar-refractivity contribution in [1.29, 1.82) is 0 Å². The van der Waals surface area contributed by atoms with Crippen molar-refractivity contribution >= 4 is 34.9 Å². The Kier molecular flexibility index (Phi) is 7.17. The fourth-order valence-corrected chi connectivity index (χ4v) is 4.62. The van der Waals surface area contributed by atoms with E-state index in [0.717, 1.165) is 36.8 Å². The first-order valence-electron chi connectivity index (χ1n) is 11.4. The van der Waals surface area contributed by atoms with Gasteiger partial charge >= 0.3 is 0 Å². The summed E-state index contributed by atoms with van der Waals surface area (Å²) < 4.78 is 0. The predicted molar refractivity (Wildman–Crippen MR) is 131 cm³/mol. The molecule has 0 aliphatic carbocycles. The van der Waals surface area contributed by atoms with Crippen molar-refractivity contribution in [1.82, 2.24) is 20.3 Å². The molecular weight excluding hydrogens is 406 g/mol. The molecule has 0 spiro atoms. The molecule has 0 bridgehead atoms. The molecule has 2 fully saturated rings. The summed E-state index contributed by atoms with van der Waals surface area (Å²) in [6, 6.07) is 6.59. The molecule has 2 atom stereocenters. The molecule has 0 amide bonds. The molecule has 8 heteroatoms. The number of rotatable bonds is 5. The highest BCUT2D eigenvalue weighted by molar-refractivity contribution is 7.80. The molecule has 0 aromatic carbocycles. The number of aromatic nitrogens is 3. The molecule has 4 rings (SSSR count). The zero-order chi connectivity index (χ0) is 21.6. The van der Waals surface area contributed by atoms with Gasteiger partial charge in [-0.1, -0.05) is 13.0 Å². The van der Waals surface area contributed by atoms with Gasteiger partial charge in [0.2, 0.25) is 5.95 Å². The molecular formula is C23H33N7S. The van der Waals surface area contributed by atoms with Gasteiger partial charge in [-0.05, 0) is 68.8 Å². The molecule has 166 valence electrons. The first kappa shape index (κ1) is 21.7. The maximum atomic E-state index is 5.53. The van der Waals surface area contributed by atoms with E-state index >= 15 is 0 Å².